The minimum atomic E-state index is -0.991. The number of nitrogens with one attached hydrogen (secondary N) is 1. The van der Waals surface area contributed by atoms with Crippen molar-refractivity contribution in [2.45, 2.75) is 0 Å². The van der Waals surface area contributed by atoms with E-state index in [1.165, 1.54) is 12.1 Å². The van der Waals surface area contributed by atoms with Crippen molar-refractivity contribution < 1.29 is 17.9 Å². The molecule has 98 valence electrons. The van der Waals surface area contributed by atoms with Gasteiger partial charge in [0.15, 0.2) is 17.4 Å². The number of benzene rings is 2. The van der Waals surface area contributed by atoms with E-state index in [-0.39, 0.29) is 11.3 Å². The van der Waals surface area contributed by atoms with Crippen molar-refractivity contribution in [3.8, 4) is 11.5 Å². The summed E-state index contributed by atoms with van der Waals surface area (Å²) in [6.45, 7) is 0. The van der Waals surface area contributed by atoms with Crippen LogP contribution in [0.3, 0.4) is 0 Å². The molecule has 2 aromatic carbocycles. The molecule has 2 rings (SSSR count). The zero-order valence-corrected chi connectivity index (χ0v) is 9.58. The van der Waals surface area contributed by atoms with E-state index in [1.54, 1.807) is 0 Å². The number of amidine groups is 1. The second-order valence-electron chi connectivity index (χ2n) is 3.74. The SMILES string of the molecule is N=C(N)c1cc(F)c(Oc2ccc(F)cc2)c(F)c1. The summed E-state index contributed by atoms with van der Waals surface area (Å²) in [7, 11) is 0. The lowest BCUT2D eigenvalue weighted by atomic mass is 10.2. The van der Waals surface area contributed by atoms with Crippen molar-refractivity contribution in [3.63, 3.8) is 0 Å². The molecule has 0 saturated carbocycles. The smallest absolute Gasteiger partial charge is 0.198 e. The molecule has 0 heterocycles. The standard InChI is InChI=1S/C13H9F3N2O/c14-8-1-3-9(4-2-8)19-12-10(15)5-7(13(17)18)6-11(12)16/h1-6H,(H3,17,18). The molecular formula is C13H9F3N2O. The van der Waals surface area contributed by atoms with Crippen molar-refractivity contribution in [1.29, 1.82) is 5.41 Å². The number of rotatable bonds is 3. The highest BCUT2D eigenvalue weighted by Crippen LogP contribution is 2.28. The van der Waals surface area contributed by atoms with E-state index in [4.69, 9.17) is 15.9 Å². The van der Waals surface area contributed by atoms with Gasteiger partial charge in [0.25, 0.3) is 0 Å². The maximum atomic E-state index is 13.6. The Morgan fingerprint density at radius 3 is 2.00 bits per heavy atom. The fourth-order valence-electron chi connectivity index (χ4n) is 1.43. The zero-order valence-electron chi connectivity index (χ0n) is 9.58. The van der Waals surface area contributed by atoms with Gasteiger partial charge in [-0.25, -0.2) is 13.2 Å². The maximum Gasteiger partial charge on any atom is 0.198 e. The van der Waals surface area contributed by atoms with Crippen LogP contribution in [-0.2, 0) is 0 Å². The van der Waals surface area contributed by atoms with Crippen LogP contribution in [0, 0.1) is 22.9 Å². The number of ether oxygens (including phenoxy) is 1. The van der Waals surface area contributed by atoms with E-state index in [1.807, 2.05) is 0 Å². The molecule has 0 radical (unpaired) electrons. The molecule has 0 aliphatic heterocycles. The predicted molar refractivity (Wildman–Crippen MR) is 63.8 cm³/mol. The molecule has 0 aliphatic rings. The van der Waals surface area contributed by atoms with Crippen LogP contribution >= 0.6 is 0 Å². The topological polar surface area (TPSA) is 59.1 Å². The Balaban J connectivity index is 2.35. The van der Waals surface area contributed by atoms with E-state index in [2.05, 4.69) is 0 Å². The van der Waals surface area contributed by atoms with Gasteiger partial charge in [-0.05, 0) is 36.4 Å². The van der Waals surface area contributed by atoms with Crippen LogP contribution in [0.2, 0.25) is 0 Å². The highest BCUT2D eigenvalue weighted by molar-refractivity contribution is 5.95. The van der Waals surface area contributed by atoms with Gasteiger partial charge in [0, 0.05) is 5.56 Å². The van der Waals surface area contributed by atoms with Crippen LogP contribution < -0.4 is 10.5 Å². The normalized spacial score (nSPS) is 10.3. The molecular weight excluding hydrogens is 257 g/mol. The quantitative estimate of drug-likeness (QED) is 0.662. The lowest BCUT2D eigenvalue weighted by molar-refractivity contribution is 0.406. The fourth-order valence-corrected chi connectivity index (χ4v) is 1.43. The number of nitrogen functional groups attached to an aromatic ring is 1. The molecule has 0 aromatic heterocycles. The lowest BCUT2D eigenvalue weighted by Crippen LogP contribution is -2.12. The molecule has 0 saturated heterocycles. The summed E-state index contributed by atoms with van der Waals surface area (Å²) >= 11 is 0. The Kier molecular flexibility index (Phi) is 3.41. The summed E-state index contributed by atoms with van der Waals surface area (Å²) < 4.78 is 45.0. The molecule has 3 nitrogen and oxygen atoms in total. The van der Waals surface area contributed by atoms with Gasteiger partial charge in [-0.15, -0.1) is 0 Å². The van der Waals surface area contributed by atoms with E-state index in [9.17, 15) is 13.2 Å². The Morgan fingerprint density at radius 1 is 1.00 bits per heavy atom. The van der Waals surface area contributed by atoms with Gasteiger partial charge in [-0.3, -0.25) is 5.41 Å². The van der Waals surface area contributed by atoms with E-state index in [0.29, 0.717) is 0 Å². The molecule has 0 bridgehead atoms. The second kappa shape index (κ2) is 5.01. The first-order valence-electron chi connectivity index (χ1n) is 5.24. The number of hydrogen-bond acceptors (Lipinski definition) is 2. The van der Waals surface area contributed by atoms with Crippen LogP contribution in [0.1, 0.15) is 5.56 Å². The van der Waals surface area contributed by atoms with Crippen LogP contribution in [0.5, 0.6) is 11.5 Å². The van der Waals surface area contributed by atoms with Crippen molar-refractivity contribution in [3.05, 3.63) is 59.4 Å². The first-order chi connectivity index (χ1) is 8.97. The number of hydrogen-bond donors (Lipinski definition) is 2. The van der Waals surface area contributed by atoms with Crippen molar-refractivity contribution >= 4 is 5.84 Å². The van der Waals surface area contributed by atoms with Crippen molar-refractivity contribution in [2.75, 3.05) is 0 Å². The molecule has 0 unspecified atom stereocenters. The molecule has 0 amide bonds. The van der Waals surface area contributed by atoms with Gasteiger partial charge < -0.3 is 10.5 Å². The van der Waals surface area contributed by atoms with Gasteiger partial charge >= 0.3 is 0 Å². The third kappa shape index (κ3) is 2.85. The molecule has 6 heteroatoms. The monoisotopic (exact) mass is 266 g/mol. The molecule has 0 fully saturated rings. The average Bonchev–Trinajstić information content (AvgIpc) is 2.35. The summed E-state index contributed by atoms with van der Waals surface area (Å²) in [4.78, 5) is 0. The van der Waals surface area contributed by atoms with Gasteiger partial charge in [0.1, 0.15) is 17.4 Å². The highest BCUT2D eigenvalue weighted by atomic mass is 19.1. The summed E-state index contributed by atoms with van der Waals surface area (Å²) in [5.41, 5.74) is 5.06. The Morgan fingerprint density at radius 2 is 1.53 bits per heavy atom. The van der Waals surface area contributed by atoms with E-state index < -0.39 is 29.0 Å². The summed E-state index contributed by atoms with van der Waals surface area (Å²) in [6, 6.07) is 6.49. The first-order valence-corrected chi connectivity index (χ1v) is 5.24. The van der Waals surface area contributed by atoms with Crippen LogP contribution in [0.4, 0.5) is 13.2 Å². The highest BCUT2D eigenvalue weighted by Gasteiger charge is 2.14. The first kappa shape index (κ1) is 12.9. The maximum absolute atomic E-state index is 13.6. The number of nitrogens with two attached hydrogens (primary N) is 1. The molecule has 3 N–H and O–H groups in total. The summed E-state index contributed by atoms with van der Waals surface area (Å²) in [5, 5.41) is 7.11. The molecule has 0 atom stereocenters. The number of halogens is 3. The van der Waals surface area contributed by atoms with Gasteiger partial charge in [-0.1, -0.05) is 0 Å². The minimum absolute atomic E-state index is 0.0820. The molecule has 0 aliphatic carbocycles. The summed E-state index contributed by atoms with van der Waals surface area (Å²) in [5.74, 6) is -3.46. The Hall–Kier alpha value is -2.50. The van der Waals surface area contributed by atoms with Gasteiger partial charge in [-0.2, -0.15) is 0 Å². The largest absolute Gasteiger partial charge is 0.451 e. The summed E-state index contributed by atoms with van der Waals surface area (Å²) in [6.07, 6.45) is 0. The Bertz CT molecular complexity index is 603. The van der Waals surface area contributed by atoms with Crippen LogP contribution in [0.25, 0.3) is 0 Å². The van der Waals surface area contributed by atoms with Crippen LogP contribution in [-0.4, -0.2) is 5.84 Å². The predicted octanol–water partition coefficient (Wildman–Crippen LogP) is 3.18. The zero-order chi connectivity index (χ0) is 14.0. The average molecular weight is 266 g/mol. The van der Waals surface area contributed by atoms with Crippen molar-refractivity contribution in [2.24, 2.45) is 5.73 Å². The fraction of sp³-hybridized carbons (Fsp3) is 0. The lowest BCUT2D eigenvalue weighted by Gasteiger charge is -2.09. The van der Waals surface area contributed by atoms with Gasteiger partial charge in [0.2, 0.25) is 0 Å². The second-order valence-corrected chi connectivity index (χ2v) is 3.74. The molecule has 19 heavy (non-hydrogen) atoms. The third-order valence-corrected chi connectivity index (χ3v) is 2.34. The van der Waals surface area contributed by atoms with E-state index >= 15 is 0 Å². The van der Waals surface area contributed by atoms with Crippen LogP contribution in [0.15, 0.2) is 36.4 Å². The molecule has 2 aromatic rings. The van der Waals surface area contributed by atoms with Crippen molar-refractivity contribution in [1.82, 2.24) is 0 Å². The minimum Gasteiger partial charge on any atom is -0.451 e. The third-order valence-electron chi connectivity index (χ3n) is 2.34. The van der Waals surface area contributed by atoms with E-state index in [0.717, 1.165) is 24.3 Å². The van der Waals surface area contributed by atoms with Gasteiger partial charge in [0.05, 0.1) is 0 Å². The Labute approximate surface area is 106 Å². The molecule has 0 spiro atoms.